The van der Waals surface area contributed by atoms with Crippen LogP contribution < -0.4 is 5.73 Å². The Morgan fingerprint density at radius 2 is 2.12 bits per heavy atom. The van der Waals surface area contributed by atoms with Crippen molar-refractivity contribution in [3.63, 3.8) is 0 Å². The van der Waals surface area contributed by atoms with E-state index in [1.54, 1.807) is 0 Å². The maximum absolute atomic E-state index is 5.50. The summed E-state index contributed by atoms with van der Waals surface area (Å²) in [4.78, 5) is 4.42. The quantitative estimate of drug-likeness (QED) is 0.836. The van der Waals surface area contributed by atoms with E-state index in [0.29, 0.717) is 6.61 Å². The van der Waals surface area contributed by atoms with Crippen molar-refractivity contribution in [1.82, 2.24) is 0 Å². The van der Waals surface area contributed by atoms with Gasteiger partial charge in [-0.2, -0.15) is 0 Å². The molecule has 0 radical (unpaired) electrons. The Hall–Kier alpha value is -1.35. The molecule has 0 fully saturated rings. The number of benzene rings is 1. The largest absolute Gasteiger partial charge is 0.475 e. The molecule has 1 heterocycles. The van der Waals surface area contributed by atoms with Gasteiger partial charge in [-0.1, -0.05) is 12.1 Å². The summed E-state index contributed by atoms with van der Waals surface area (Å²) in [6.07, 6.45) is 2.08. The SMILES string of the molecule is CC1COC(c2ccc(CCCN)cc2)=N1. The van der Waals surface area contributed by atoms with Crippen LogP contribution in [0, 0.1) is 0 Å². The molecule has 1 unspecified atom stereocenters. The topological polar surface area (TPSA) is 47.6 Å². The Morgan fingerprint density at radius 1 is 1.38 bits per heavy atom. The van der Waals surface area contributed by atoms with Crippen LogP contribution in [-0.4, -0.2) is 25.1 Å². The molecule has 3 nitrogen and oxygen atoms in total. The van der Waals surface area contributed by atoms with Gasteiger partial charge in [0.2, 0.25) is 5.90 Å². The standard InChI is InChI=1S/C13H18N2O/c1-10-9-16-13(15-10)12-6-4-11(5-7-12)3-2-8-14/h4-7,10H,2-3,8-9,14H2,1H3. The second-order valence-electron chi connectivity index (χ2n) is 4.18. The molecular weight excluding hydrogens is 200 g/mol. The Bertz CT molecular complexity index is 370. The maximum Gasteiger partial charge on any atom is 0.216 e. The van der Waals surface area contributed by atoms with Gasteiger partial charge in [-0.05, 0) is 44.0 Å². The number of ether oxygens (including phenoxy) is 1. The normalized spacial score (nSPS) is 19.4. The van der Waals surface area contributed by atoms with E-state index in [-0.39, 0.29) is 6.04 Å². The van der Waals surface area contributed by atoms with Crippen molar-refractivity contribution in [2.45, 2.75) is 25.8 Å². The van der Waals surface area contributed by atoms with Gasteiger partial charge in [-0.15, -0.1) is 0 Å². The predicted molar refractivity (Wildman–Crippen MR) is 65.8 cm³/mol. The molecule has 1 aliphatic rings. The van der Waals surface area contributed by atoms with E-state index in [9.17, 15) is 0 Å². The number of nitrogens with two attached hydrogens (primary N) is 1. The summed E-state index contributed by atoms with van der Waals surface area (Å²) in [5, 5.41) is 0. The van der Waals surface area contributed by atoms with Crippen LogP contribution in [0.2, 0.25) is 0 Å². The summed E-state index contributed by atoms with van der Waals surface area (Å²) in [6, 6.07) is 8.68. The lowest BCUT2D eigenvalue weighted by molar-refractivity contribution is 0.324. The molecule has 1 aliphatic heterocycles. The van der Waals surface area contributed by atoms with Crippen LogP contribution in [0.4, 0.5) is 0 Å². The van der Waals surface area contributed by atoms with Crippen molar-refractivity contribution in [3.05, 3.63) is 35.4 Å². The average Bonchev–Trinajstić information content (AvgIpc) is 2.74. The van der Waals surface area contributed by atoms with E-state index in [1.165, 1.54) is 5.56 Å². The number of aryl methyl sites for hydroxylation is 1. The number of rotatable bonds is 4. The van der Waals surface area contributed by atoms with Gasteiger partial charge in [0.25, 0.3) is 0 Å². The summed E-state index contributed by atoms with van der Waals surface area (Å²) < 4.78 is 5.50. The summed E-state index contributed by atoms with van der Waals surface area (Å²) >= 11 is 0. The van der Waals surface area contributed by atoms with Crippen molar-refractivity contribution in [2.75, 3.05) is 13.2 Å². The van der Waals surface area contributed by atoms with E-state index in [4.69, 9.17) is 10.5 Å². The highest BCUT2D eigenvalue weighted by atomic mass is 16.5. The summed E-state index contributed by atoms with van der Waals surface area (Å²) in [6.45, 7) is 3.50. The molecule has 16 heavy (non-hydrogen) atoms. The van der Waals surface area contributed by atoms with E-state index in [1.807, 2.05) is 0 Å². The molecule has 0 aromatic heterocycles. The lowest BCUT2D eigenvalue weighted by Gasteiger charge is -2.03. The summed E-state index contributed by atoms with van der Waals surface area (Å²) in [7, 11) is 0. The zero-order valence-electron chi connectivity index (χ0n) is 9.65. The van der Waals surface area contributed by atoms with Crippen molar-refractivity contribution in [1.29, 1.82) is 0 Å². The fraction of sp³-hybridized carbons (Fsp3) is 0.462. The first-order valence-corrected chi connectivity index (χ1v) is 5.79. The van der Waals surface area contributed by atoms with Gasteiger partial charge in [-0.3, -0.25) is 0 Å². The molecule has 1 atom stereocenters. The third-order valence-electron chi connectivity index (χ3n) is 2.67. The number of hydrogen-bond acceptors (Lipinski definition) is 3. The first-order chi connectivity index (χ1) is 7.79. The minimum atomic E-state index is 0.284. The van der Waals surface area contributed by atoms with Gasteiger partial charge in [-0.25, -0.2) is 4.99 Å². The molecular formula is C13H18N2O. The zero-order chi connectivity index (χ0) is 11.4. The van der Waals surface area contributed by atoms with Gasteiger partial charge in [0, 0.05) is 5.56 Å². The van der Waals surface area contributed by atoms with Crippen LogP contribution in [0.5, 0.6) is 0 Å². The first kappa shape index (κ1) is 11.1. The van der Waals surface area contributed by atoms with Crippen molar-refractivity contribution in [3.8, 4) is 0 Å². The van der Waals surface area contributed by atoms with Crippen molar-refractivity contribution < 1.29 is 4.74 Å². The number of nitrogens with zero attached hydrogens (tertiary/aromatic N) is 1. The lowest BCUT2D eigenvalue weighted by atomic mass is 10.1. The number of hydrogen-bond donors (Lipinski definition) is 1. The maximum atomic E-state index is 5.50. The second-order valence-corrected chi connectivity index (χ2v) is 4.18. The Balaban J connectivity index is 2.04. The highest BCUT2D eigenvalue weighted by molar-refractivity contribution is 5.95. The average molecular weight is 218 g/mol. The Kier molecular flexibility index (Phi) is 3.57. The molecule has 1 aromatic carbocycles. The highest BCUT2D eigenvalue weighted by Gasteiger charge is 2.15. The molecule has 0 amide bonds. The minimum absolute atomic E-state index is 0.284. The van der Waals surface area contributed by atoms with Crippen molar-refractivity contribution >= 4 is 5.90 Å². The second kappa shape index (κ2) is 5.12. The smallest absolute Gasteiger partial charge is 0.216 e. The predicted octanol–water partition coefficient (Wildman–Crippen LogP) is 1.74. The van der Waals surface area contributed by atoms with E-state index < -0.39 is 0 Å². The summed E-state index contributed by atoms with van der Waals surface area (Å²) in [5.41, 5.74) is 7.87. The Labute approximate surface area is 96.3 Å². The lowest BCUT2D eigenvalue weighted by Crippen LogP contribution is -2.03. The molecule has 3 heteroatoms. The zero-order valence-corrected chi connectivity index (χ0v) is 9.65. The molecule has 0 aliphatic carbocycles. The highest BCUT2D eigenvalue weighted by Crippen LogP contribution is 2.13. The fourth-order valence-corrected chi connectivity index (χ4v) is 1.75. The fourth-order valence-electron chi connectivity index (χ4n) is 1.75. The van der Waals surface area contributed by atoms with Gasteiger partial charge >= 0.3 is 0 Å². The van der Waals surface area contributed by atoms with Gasteiger partial charge in [0.1, 0.15) is 6.61 Å². The van der Waals surface area contributed by atoms with Crippen LogP contribution in [-0.2, 0) is 11.2 Å². The van der Waals surface area contributed by atoms with E-state index >= 15 is 0 Å². The van der Waals surface area contributed by atoms with Gasteiger partial charge < -0.3 is 10.5 Å². The van der Waals surface area contributed by atoms with Crippen LogP contribution in [0.15, 0.2) is 29.3 Å². The summed E-state index contributed by atoms with van der Waals surface area (Å²) in [5.74, 6) is 0.776. The van der Waals surface area contributed by atoms with Gasteiger partial charge in [0.15, 0.2) is 0 Å². The minimum Gasteiger partial charge on any atom is -0.475 e. The molecule has 0 bridgehead atoms. The molecule has 2 rings (SSSR count). The molecule has 1 aromatic rings. The number of aliphatic imine (C=N–C) groups is 1. The Morgan fingerprint density at radius 3 is 2.69 bits per heavy atom. The van der Waals surface area contributed by atoms with Crippen LogP contribution in [0.25, 0.3) is 0 Å². The first-order valence-electron chi connectivity index (χ1n) is 5.79. The third kappa shape index (κ3) is 2.61. The van der Waals surface area contributed by atoms with E-state index in [2.05, 4.69) is 36.2 Å². The molecule has 86 valence electrons. The molecule has 0 saturated heterocycles. The molecule has 0 saturated carbocycles. The van der Waals surface area contributed by atoms with Gasteiger partial charge in [0.05, 0.1) is 6.04 Å². The van der Waals surface area contributed by atoms with E-state index in [0.717, 1.165) is 30.8 Å². The van der Waals surface area contributed by atoms with Crippen molar-refractivity contribution in [2.24, 2.45) is 10.7 Å². The molecule has 2 N–H and O–H groups in total. The monoisotopic (exact) mass is 218 g/mol. The third-order valence-corrected chi connectivity index (χ3v) is 2.67. The molecule has 0 spiro atoms. The van der Waals surface area contributed by atoms with Crippen LogP contribution >= 0.6 is 0 Å². The van der Waals surface area contributed by atoms with Crippen LogP contribution in [0.3, 0.4) is 0 Å². The van der Waals surface area contributed by atoms with Crippen LogP contribution in [0.1, 0.15) is 24.5 Å².